The topological polar surface area (TPSA) is 139 Å². The van der Waals surface area contributed by atoms with Gasteiger partial charge in [0.05, 0.1) is 14.2 Å². The molecule has 0 aliphatic rings. The van der Waals surface area contributed by atoms with Gasteiger partial charge in [0.15, 0.2) is 11.5 Å². The molecular formula is C26H26N4O6. The number of carbonyl (C=O) groups is 3. The Bertz CT molecular complexity index is 1230. The van der Waals surface area contributed by atoms with E-state index in [9.17, 15) is 14.4 Å². The van der Waals surface area contributed by atoms with Crippen LogP contribution < -0.4 is 25.6 Å². The van der Waals surface area contributed by atoms with Gasteiger partial charge in [-0.25, -0.2) is 5.48 Å². The zero-order valence-corrected chi connectivity index (χ0v) is 19.7. The van der Waals surface area contributed by atoms with Gasteiger partial charge < -0.3 is 20.1 Å². The number of hydrogen-bond donors (Lipinski definition) is 4. The average Bonchev–Trinajstić information content (AvgIpc) is 2.91. The first-order valence-corrected chi connectivity index (χ1v) is 10.9. The highest BCUT2D eigenvalue weighted by Gasteiger charge is 2.21. The number of aromatic nitrogens is 1. The van der Waals surface area contributed by atoms with Gasteiger partial charge in [-0.2, -0.15) is 0 Å². The minimum atomic E-state index is -0.905. The number of hydrogen-bond acceptors (Lipinski definition) is 7. The largest absolute Gasteiger partial charge is 0.493 e. The predicted molar refractivity (Wildman–Crippen MR) is 133 cm³/mol. The van der Waals surface area contributed by atoms with Crippen molar-refractivity contribution >= 4 is 29.5 Å². The summed E-state index contributed by atoms with van der Waals surface area (Å²) in [7, 11) is 3.06. The Balaban J connectivity index is 1.73. The molecule has 36 heavy (non-hydrogen) atoms. The van der Waals surface area contributed by atoms with Gasteiger partial charge in [0.2, 0.25) is 11.8 Å². The van der Waals surface area contributed by atoms with E-state index in [0.29, 0.717) is 22.7 Å². The zero-order valence-electron chi connectivity index (χ0n) is 19.7. The molecule has 1 aromatic heterocycles. The Morgan fingerprint density at radius 3 is 2.42 bits per heavy atom. The second-order valence-corrected chi connectivity index (χ2v) is 7.58. The number of nitrogens with zero attached hydrogens (tertiary/aromatic N) is 1. The van der Waals surface area contributed by atoms with Gasteiger partial charge in [0.1, 0.15) is 6.04 Å². The summed E-state index contributed by atoms with van der Waals surface area (Å²) in [6, 6.07) is 13.8. The first-order valence-electron chi connectivity index (χ1n) is 10.9. The van der Waals surface area contributed by atoms with E-state index in [1.807, 2.05) is 0 Å². The first-order chi connectivity index (χ1) is 17.4. The molecule has 0 fully saturated rings. The smallest absolute Gasteiger partial charge is 0.274 e. The van der Waals surface area contributed by atoms with Gasteiger partial charge in [0, 0.05) is 36.1 Å². The summed E-state index contributed by atoms with van der Waals surface area (Å²) >= 11 is 0. The fraction of sp³-hybridized carbons (Fsp3) is 0.154. The van der Waals surface area contributed by atoms with Crippen LogP contribution in [0.5, 0.6) is 11.5 Å². The van der Waals surface area contributed by atoms with Crippen molar-refractivity contribution in [2.45, 2.75) is 12.5 Å². The van der Waals surface area contributed by atoms with Crippen LogP contribution in [-0.2, 0) is 16.0 Å². The maximum absolute atomic E-state index is 13.0. The van der Waals surface area contributed by atoms with Crippen molar-refractivity contribution in [2.24, 2.45) is 0 Å². The molecule has 3 amide bonds. The SMILES string of the molecule is COc1ccc(/C=C/C(=O)N[C@@H](Cc2cccnc2)C(=O)Nc2ccc(C(=O)NO)cc2)cc1OC. The number of ether oxygens (including phenoxy) is 2. The molecule has 0 saturated carbocycles. The number of amides is 3. The molecule has 0 radical (unpaired) electrons. The molecule has 10 heteroatoms. The Hall–Kier alpha value is -4.70. The summed E-state index contributed by atoms with van der Waals surface area (Å²) in [5.41, 5.74) is 3.65. The lowest BCUT2D eigenvalue weighted by molar-refractivity contribution is -0.123. The van der Waals surface area contributed by atoms with Crippen LogP contribution in [0.25, 0.3) is 6.08 Å². The van der Waals surface area contributed by atoms with Crippen LogP contribution in [0, 0.1) is 0 Å². The fourth-order valence-electron chi connectivity index (χ4n) is 3.31. The molecule has 3 rings (SSSR count). The second kappa shape index (κ2) is 12.7. The summed E-state index contributed by atoms with van der Waals surface area (Å²) in [5, 5.41) is 14.2. The molecule has 186 valence electrons. The highest BCUT2D eigenvalue weighted by atomic mass is 16.5. The van der Waals surface area contributed by atoms with Crippen LogP contribution in [-0.4, -0.2) is 48.2 Å². The number of carbonyl (C=O) groups excluding carboxylic acids is 3. The van der Waals surface area contributed by atoms with Crippen LogP contribution in [0.1, 0.15) is 21.5 Å². The lowest BCUT2D eigenvalue weighted by atomic mass is 10.1. The van der Waals surface area contributed by atoms with E-state index in [4.69, 9.17) is 14.7 Å². The fourth-order valence-corrected chi connectivity index (χ4v) is 3.31. The lowest BCUT2D eigenvalue weighted by Gasteiger charge is -2.18. The Labute approximate surface area is 207 Å². The summed E-state index contributed by atoms with van der Waals surface area (Å²) in [4.78, 5) is 41.3. The van der Waals surface area contributed by atoms with Gasteiger partial charge in [-0.05, 0) is 59.7 Å². The van der Waals surface area contributed by atoms with Crippen molar-refractivity contribution < 1.29 is 29.1 Å². The van der Waals surface area contributed by atoms with Crippen LogP contribution in [0.15, 0.2) is 73.1 Å². The summed E-state index contributed by atoms with van der Waals surface area (Å²) in [6.07, 6.45) is 6.37. The average molecular weight is 491 g/mol. The Morgan fingerprint density at radius 1 is 1.03 bits per heavy atom. The molecule has 2 aromatic carbocycles. The van der Waals surface area contributed by atoms with Crippen molar-refractivity contribution in [3.8, 4) is 11.5 Å². The van der Waals surface area contributed by atoms with E-state index in [1.54, 1.807) is 54.3 Å². The standard InChI is InChI=1S/C26H26N4O6/c1-35-22-11-5-17(15-23(22)36-2)6-12-24(31)29-21(14-18-4-3-13-27-16-18)26(33)28-20-9-7-19(8-10-20)25(32)30-34/h3-13,15-16,21,34H,14H2,1-2H3,(H,28,33)(H,29,31)(H,30,32)/b12-6+/t21-/m0/s1. The van der Waals surface area contributed by atoms with E-state index in [1.165, 1.54) is 44.6 Å². The first kappa shape index (κ1) is 25.9. The van der Waals surface area contributed by atoms with Gasteiger partial charge >= 0.3 is 0 Å². The number of nitrogens with one attached hydrogen (secondary N) is 3. The van der Waals surface area contributed by atoms with Gasteiger partial charge in [-0.3, -0.25) is 24.6 Å². The molecule has 0 aliphatic carbocycles. The summed E-state index contributed by atoms with van der Waals surface area (Å²) < 4.78 is 10.5. The number of hydroxylamine groups is 1. The molecule has 0 saturated heterocycles. The number of anilines is 1. The molecule has 0 aliphatic heterocycles. The van der Waals surface area contributed by atoms with Gasteiger partial charge in [-0.1, -0.05) is 12.1 Å². The summed E-state index contributed by atoms with van der Waals surface area (Å²) in [5.74, 6) is -0.501. The second-order valence-electron chi connectivity index (χ2n) is 7.58. The molecule has 0 unspecified atom stereocenters. The van der Waals surface area contributed by atoms with Crippen molar-refractivity contribution in [1.29, 1.82) is 0 Å². The van der Waals surface area contributed by atoms with Crippen molar-refractivity contribution in [1.82, 2.24) is 15.8 Å². The molecule has 10 nitrogen and oxygen atoms in total. The lowest BCUT2D eigenvalue weighted by Crippen LogP contribution is -2.44. The van der Waals surface area contributed by atoms with E-state index in [-0.39, 0.29) is 12.0 Å². The van der Waals surface area contributed by atoms with Crippen LogP contribution >= 0.6 is 0 Å². The van der Waals surface area contributed by atoms with Crippen molar-refractivity contribution in [3.63, 3.8) is 0 Å². The summed E-state index contributed by atoms with van der Waals surface area (Å²) in [6.45, 7) is 0. The van der Waals surface area contributed by atoms with E-state index in [0.717, 1.165) is 5.56 Å². The van der Waals surface area contributed by atoms with E-state index < -0.39 is 23.8 Å². The quantitative estimate of drug-likeness (QED) is 0.195. The molecular weight excluding hydrogens is 464 g/mol. The number of pyridine rings is 1. The Kier molecular flexibility index (Phi) is 9.12. The van der Waals surface area contributed by atoms with Crippen molar-refractivity contribution in [2.75, 3.05) is 19.5 Å². The highest BCUT2D eigenvalue weighted by molar-refractivity contribution is 6.00. The van der Waals surface area contributed by atoms with Gasteiger partial charge in [-0.15, -0.1) is 0 Å². The Morgan fingerprint density at radius 2 is 1.78 bits per heavy atom. The zero-order chi connectivity index (χ0) is 25.9. The molecule has 1 atom stereocenters. The maximum atomic E-state index is 13.0. The highest BCUT2D eigenvalue weighted by Crippen LogP contribution is 2.27. The third-order valence-corrected chi connectivity index (χ3v) is 5.15. The predicted octanol–water partition coefficient (Wildman–Crippen LogP) is 2.60. The molecule has 1 heterocycles. The molecule has 0 bridgehead atoms. The number of benzene rings is 2. The third-order valence-electron chi connectivity index (χ3n) is 5.15. The third kappa shape index (κ3) is 7.15. The monoisotopic (exact) mass is 490 g/mol. The molecule has 3 aromatic rings. The normalized spacial score (nSPS) is 11.4. The van der Waals surface area contributed by atoms with Crippen LogP contribution in [0.3, 0.4) is 0 Å². The molecule has 4 N–H and O–H groups in total. The minimum Gasteiger partial charge on any atom is -0.493 e. The van der Waals surface area contributed by atoms with Crippen molar-refractivity contribution in [3.05, 3.63) is 89.8 Å². The maximum Gasteiger partial charge on any atom is 0.274 e. The minimum absolute atomic E-state index is 0.209. The molecule has 0 spiro atoms. The van der Waals surface area contributed by atoms with Crippen LogP contribution in [0.4, 0.5) is 5.69 Å². The van der Waals surface area contributed by atoms with E-state index >= 15 is 0 Å². The van der Waals surface area contributed by atoms with Gasteiger partial charge in [0.25, 0.3) is 5.91 Å². The number of rotatable bonds is 10. The van der Waals surface area contributed by atoms with E-state index in [2.05, 4.69) is 15.6 Å². The van der Waals surface area contributed by atoms with Crippen LogP contribution in [0.2, 0.25) is 0 Å². The number of methoxy groups -OCH3 is 2.